The summed E-state index contributed by atoms with van der Waals surface area (Å²) in [6, 6.07) is -0.463. The molecule has 0 aromatic carbocycles. The van der Waals surface area contributed by atoms with Crippen LogP contribution in [0.4, 0.5) is 0 Å². The van der Waals surface area contributed by atoms with E-state index in [1.807, 2.05) is 13.0 Å². The minimum absolute atomic E-state index is 0. The van der Waals surface area contributed by atoms with Gasteiger partial charge >= 0.3 is 0 Å². The second kappa shape index (κ2) is 9.30. The number of aliphatic hydroxyl groups is 1. The number of rotatable bonds is 5. The average molecular weight is 292 g/mol. The Labute approximate surface area is 119 Å². The molecule has 7 heteroatoms. The van der Waals surface area contributed by atoms with Gasteiger partial charge in [-0.15, -0.1) is 0 Å². The fourth-order valence-corrected chi connectivity index (χ4v) is 1.43. The van der Waals surface area contributed by atoms with Crippen LogP contribution in [0.5, 0.6) is 0 Å². The van der Waals surface area contributed by atoms with Crippen molar-refractivity contribution in [2.45, 2.75) is 19.3 Å². The maximum Gasteiger partial charge on any atom is 0.181 e. The zero-order chi connectivity index (χ0) is 12.7. The molecule has 1 rings (SSSR count). The quantitative estimate of drug-likeness (QED) is 0.696. The minimum atomic E-state index is -0.563. The summed E-state index contributed by atoms with van der Waals surface area (Å²) in [7, 11) is 3.03. The molecule has 1 atom stereocenters. The van der Waals surface area contributed by atoms with Gasteiger partial charge < -0.3 is 19.9 Å². The SMILES string of the molecule is COC(OC)C(CO)N=C1CN=C(C)C=CN1.[V]. The normalized spacial score (nSPS) is 18.9. The van der Waals surface area contributed by atoms with Crippen molar-refractivity contribution in [1.82, 2.24) is 5.32 Å². The Balaban J connectivity index is 0.00000289. The van der Waals surface area contributed by atoms with Crippen molar-refractivity contribution in [3.63, 3.8) is 0 Å². The van der Waals surface area contributed by atoms with Gasteiger partial charge in [0.25, 0.3) is 0 Å². The van der Waals surface area contributed by atoms with E-state index in [1.165, 1.54) is 14.2 Å². The monoisotopic (exact) mass is 292 g/mol. The predicted molar refractivity (Wildman–Crippen MR) is 66.4 cm³/mol. The number of ether oxygens (including phenoxy) is 2. The Kier molecular flexibility index (Phi) is 8.96. The van der Waals surface area contributed by atoms with E-state index >= 15 is 0 Å². The molecule has 1 aliphatic heterocycles. The number of nitrogens with zero attached hydrogens (tertiary/aromatic N) is 2. The molecule has 0 amide bonds. The van der Waals surface area contributed by atoms with Gasteiger partial charge in [-0.25, -0.2) is 0 Å². The molecule has 6 nitrogen and oxygen atoms in total. The van der Waals surface area contributed by atoms with Gasteiger partial charge in [0.15, 0.2) is 6.29 Å². The summed E-state index contributed by atoms with van der Waals surface area (Å²) >= 11 is 0. The number of aliphatic imine (C=N–C) groups is 2. The Morgan fingerprint density at radius 1 is 1.50 bits per heavy atom. The molecular formula is C11H19N3O3V. The van der Waals surface area contributed by atoms with Gasteiger partial charge in [0.05, 0.1) is 13.2 Å². The summed E-state index contributed by atoms with van der Waals surface area (Å²) in [6.07, 6.45) is 3.07. The molecule has 0 bridgehead atoms. The Hall–Kier alpha value is -0.656. The smallest absolute Gasteiger partial charge is 0.181 e. The van der Waals surface area contributed by atoms with Crippen LogP contribution in [-0.2, 0) is 28.0 Å². The van der Waals surface area contributed by atoms with Gasteiger partial charge in [-0.05, 0) is 13.0 Å². The van der Waals surface area contributed by atoms with Crippen LogP contribution >= 0.6 is 0 Å². The largest absolute Gasteiger partial charge is 0.394 e. The summed E-state index contributed by atoms with van der Waals surface area (Å²) in [5.41, 5.74) is 0.929. The standard InChI is InChI=1S/C11H19N3O3.V/c1-8-4-5-12-10(6-13-8)14-9(7-15)11(16-2)17-3;/h4-5,9,11,15H,6-7H2,1-3H3,(H,12,14);. The summed E-state index contributed by atoms with van der Waals surface area (Å²) in [5.74, 6) is 0.677. The van der Waals surface area contributed by atoms with E-state index in [2.05, 4.69) is 15.3 Å². The number of hydrogen-bond acceptors (Lipinski definition) is 5. The maximum absolute atomic E-state index is 9.26. The first kappa shape index (κ1) is 17.3. The zero-order valence-corrected chi connectivity index (χ0v) is 12.2. The summed E-state index contributed by atoms with van der Waals surface area (Å²) in [6.45, 7) is 2.22. The topological polar surface area (TPSA) is 75.4 Å². The first-order valence-electron chi connectivity index (χ1n) is 5.38. The van der Waals surface area contributed by atoms with Gasteiger partial charge in [-0.2, -0.15) is 0 Å². The zero-order valence-electron chi connectivity index (χ0n) is 10.8. The minimum Gasteiger partial charge on any atom is -0.394 e. The number of hydrogen-bond donors (Lipinski definition) is 2. The molecule has 1 unspecified atom stereocenters. The van der Waals surface area contributed by atoms with Crippen molar-refractivity contribution < 1.29 is 33.1 Å². The molecule has 18 heavy (non-hydrogen) atoms. The van der Waals surface area contributed by atoms with E-state index in [-0.39, 0.29) is 25.2 Å². The Morgan fingerprint density at radius 2 is 2.17 bits per heavy atom. The van der Waals surface area contributed by atoms with Gasteiger partial charge in [0, 0.05) is 44.7 Å². The number of methoxy groups -OCH3 is 2. The van der Waals surface area contributed by atoms with Crippen LogP contribution in [0.1, 0.15) is 6.92 Å². The van der Waals surface area contributed by atoms with Crippen molar-refractivity contribution in [2.24, 2.45) is 9.98 Å². The van der Waals surface area contributed by atoms with Crippen LogP contribution in [0, 0.1) is 0 Å². The van der Waals surface area contributed by atoms with Crippen LogP contribution in [0.15, 0.2) is 22.3 Å². The van der Waals surface area contributed by atoms with Crippen LogP contribution < -0.4 is 5.32 Å². The van der Waals surface area contributed by atoms with Crippen molar-refractivity contribution in [2.75, 3.05) is 27.4 Å². The van der Waals surface area contributed by atoms with E-state index in [0.717, 1.165) is 5.71 Å². The van der Waals surface area contributed by atoms with Gasteiger partial charge in [-0.3, -0.25) is 9.98 Å². The number of allylic oxidation sites excluding steroid dienone is 1. The molecule has 1 heterocycles. The van der Waals surface area contributed by atoms with E-state index in [9.17, 15) is 5.11 Å². The fraction of sp³-hybridized carbons (Fsp3) is 0.636. The van der Waals surface area contributed by atoms with E-state index < -0.39 is 12.3 Å². The molecule has 101 valence electrons. The number of nitrogens with one attached hydrogen (secondary N) is 1. The third-order valence-electron chi connectivity index (χ3n) is 2.34. The van der Waals surface area contributed by atoms with Gasteiger partial charge in [0.2, 0.25) is 0 Å². The third-order valence-corrected chi connectivity index (χ3v) is 2.34. The Bertz CT molecular complexity index is 327. The van der Waals surface area contributed by atoms with Gasteiger partial charge in [0.1, 0.15) is 11.9 Å². The van der Waals surface area contributed by atoms with Crippen molar-refractivity contribution >= 4 is 11.5 Å². The Morgan fingerprint density at radius 3 is 2.72 bits per heavy atom. The van der Waals surface area contributed by atoms with Crippen LogP contribution in [-0.4, -0.2) is 56.4 Å². The molecule has 1 radical (unpaired) electrons. The fourth-order valence-electron chi connectivity index (χ4n) is 1.43. The molecule has 0 fully saturated rings. The average Bonchev–Trinajstić information content (AvgIpc) is 2.54. The molecule has 0 aromatic rings. The molecule has 0 aromatic heterocycles. The number of aliphatic hydroxyl groups excluding tert-OH is 1. The third kappa shape index (κ3) is 5.33. The van der Waals surface area contributed by atoms with E-state index in [1.54, 1.807) is 6.20 Å². The first-order valence-corrected chi connectivity index (χ1v) is 5.38. The number of amidine groups is 1. The first-order chi connectivity index (χ1) is 8.21. The van der Waals surface area contributed by atoms with Crippen LogP contribution in [0.2, 0.25) is 0 Å². The van der Waals surface area contributed by atoms with E-state index in [0.29, 0.717) is 12.4 Å². The van der Waals surface area contributed by atoms with Crippen LogP contribution in [0.3, 0.4) is 0 Å². The van der Waals surface area contributed by atoms with Crippen molar-refractivity contribution in [1.29, 1.82) is 0 Å². The van der Waals surface area contributed by atoms with Crippen molar-refractivity contribution in [3.8, 4) is 0 Å². The summed E-state index contributed by atoms with van der Waals surface area (Å²) in [4.78, 5) is 8.61. The summed E-state index contributed by atoms with van der Waals surface area (Å²) in [5, 5.41) is 12.3. The molecule has 0 aliphatic carbocycles. The molecule has 0 spiro atoms. The maximum atomic E-state index is 9.26. The molecule has 0 saturated heterocycles. The van der Waals surface area contributed by atoms with Crippen LogP contribution in [0.25, 0.3) is 0 Å². The molecular weight excluding hydrogens is 273 g/mol. The van der Waals surface area contributed by atoms with Crippen molar-refractivity contribution in [3.05, 3.63) is 12.3 Å². The summed E-state index contributed by atoms with van der Waals surface area (Å²) < 4.78 is 10.2. The van der Waals surface area contributed by atoms with Gasteiger partial charge in [-0.1, -0.05) is 0 Å². The molecule has 2 N–H and O–H groups in total. The second-order valence-corrected chi connectivity index (χ2v) is 3.60. The van der Waals surface area contributed by atoms with E-state index in [4.69, 9.17) is 9.47 Å². The predicted octanol–water partition coefficient (Wildman–Crippen LogP) is -0.0600. The molecule has 0 saturated carbocycles. The second-order valence-electron chi connectivity index (χ2n) is 3.60. The molecule has 1 aliphatic rings.